The van der Waals surface area contributed by atoms with Gasteiger partial charge in [-0.3, -0.25) is 19.7 Å². The summed E-state index contributed by atoms with van der Waals surface area (Å²) >= 11 is 0. The van der Waals surface area contributed by atoms with Crippen LogP contribution in [0.1, 0.15) is 85.2 Å². The van der Waals surface area contributed by atoms with Gasteiger partial charge < -0.3 is 9.80 Å². The summed E-state index contributed by atoms with van der Waals surface area (Å²) in [4.78, 5) is 40.6. The number of amides is 3. The van der Waals surface area contributed by atoms with Crippen LogP contribution in [-0.4, -0.2) is 53.2 Å². The molecule has 1 aromatic carbocycles. The fraction of sp³-hybridized carbons (Fsp3) is 0.640. The zero-order chi connectivity index (χ0) is 22.2. The molecule has 3 aliphatic heterocycles. The van der Waals surface area contributed by atoms with Crippen LogP contribution in [0.5, 0.6) is 0 Å². The molecule has 2 saturated heterocycles. The summed E-state index contributed by atoms with van der Waals surface area (Å²) in [5.74, 6) is -0.383. The molecule has 32 heavy (non-hydrogen) atoms. The molecular weight excluding hydrogens is 409 g/mol. The molecule has 0 aromatic heterocycles. The first kappa shape index (κ1) is 21.6. The Morgan fingerprint density at radius 1 is 0.969 bits per heavy atom. The maximum Gasteiger partial charge on any atom is 0.255 e. The first-order chi connectivity index (χ1) is 15.5. The van der Waals surface area contributed by atoms with Crippen molar-refractivity contribution < 1.29 is 18.8 Å². The van der Waals surface area contributed by atoms with Gasteiger partial charge in [0.2, 0.25) is 11.8 Å². The van der Waals surface area contributed by atoms with Crippen molar-refractivity contribution in [3.05, 3.63) is 34.6 Å². The molecule has 0 spiro atoms. The van der Waals surface area contributed by atoms with Crippen molar-refractivity contribution in [1.29, 1.82) is 0 Å². The molecule has 4 aliphatic rings. The Bertz CT molecular complexity index is 919. The lowest BCUT2D eigenvalue weighted by atomic mass is 9.85. The quantitative estimate of drug-likeness (QED) is 0.728. The van der Waals surface area contributed by atoms with Gasteiger partial charge in [-0.15, -0.1) is 0 Å². The van der Waals surface area contributed by atoms with E-state index in [4.69, 9.17) is 0 Å². The third kappa shape index (κ3) is 4.19. The number of rotatable bonds is 4. The molecule has 1 aromatic rings. The number of nitrogens with zero attached hydrogens (tertiary/aromatic N) is 2. The Hall–Kier alpha value is -2.28. The van der Waals surface area contributed by atoms with E-state index in [1.54, 1.807) is 0 Å². The SMILES string of the molecule is O=C1CCC(N2Cc3cc(C4CCN(CC5CCCCC5)CC4)c(F)cc3C2=O)C(=O)N1. The summed E-state index contributed by atoms with van der Waals surface area (Å²) in [6.45, 7) is 3.47. The number of likely N-dealkylation sites (tertiary alicyclic amines) is 1. The fourth-order valence-corrected chi connectivity index (χ4v) is 6.08. The van der Waals surface area contributed by atoms with Gasteiger partial charge in [0.1, 0.15) is 11.9 Å². The maximum atomic E-state index is 15.1. The highest BCUT2D eigenvalue weighted by atomic mass is 19.1. The minimum atomic E-state index is -0.665. The lowest BCUT2D eigenvalue weighted by Gasteiger charge is -2.35. The minimum absolute atomic E-state index is 0.169. The van der Waals surface area contributed by atoms with Crippen molar-refractivity contribution in [3.63, 3.8) is 0 Å². The molecule has 1 unspecified atom stereocenters. The van der Waals surface area contributed by atoms with E-state index in [1.165, 1.54) is 49.6 Å². The number of nitrogens with one attached hydrogen (secondary N) is 1. The molecule has 5 rings (SSSR count). The monoisotopic (exact) mass is 441 g/mol. The zero-order valence-electron chi connectivity index (χ0n) is 18.6. The summed E-state index contributed by atoms with van der Waals surface area (Å²) in [7, 11) is 0. The first-order valence-corrected chi connectivity index (χ1v) is 12.2. The van der Waals surface area contributed by atoms with Crippen LogP contribution in [0.3, 0.4) is 0 Å². The standard InChI is InChI=1S/C25H32FN3O3/c26-21-13-20-18(15-29(25(20)32)22-6-7-23(30)27-24(22)31)12-19(21)17-8-10-28(11-9-17)14-16-4-2-1-3-5-16/h12-13,16-17,22H,1-11,14-15H2,(H,27,30,31). The van der Waals surface area contributed by atoms with Crippen LogP contribution in [0.2, 0.25) is 0 Å². The van der Waals surface area contributed by atoms with Crippen LogP contribution < -0.4 is 5.32 Å². The predicted molar refractivity (Wildman–Crippen MR) is 117 cm³/mol. The van der Waals surface area contributed by atoms with Crippen LogP contribution >= 0.6 is 0 Å². The van der Waals surface area contributed by atoms with E-state index in [0.717, 1.165) is 37.4 Å². The van der Waals surface area contributed by atoms with Gasteiger partial charge >= 0.3 is 0 Å². The summed E-state index contributed by atoms with van der Waals surface area (Å²) in [5, 5.41) is 2.31. The number of carbonyl (C=O) groups is 3. The van der Waals surface area contributed by atoms with Crippen LogP contribution in [0.25, 0.3) is 0 Å². The third-order valence-corrected chi connectivity index (χ3v) is 7.91. The summed E-state index contributed by atoms with van der Waals surface area (Å²) < 4.78 is 15.1. The summed E-state index contributed by atoms with van der Waals surface area (Å²) in [6, 6.07) is 2.56. The molecule has 3 heterocycles. The van der Waals surface area contributed by atoms with Gasteiger partial charge in [0.25, 0.3) is 5.91 Å². The van der Waals surface area contributed by atoms with Gasteiger partial charge in [-0.05, 0) is 74.2 Å². The van der Waals surface area contributed by atoms with Crippen molar-refractivity contribution in [2.24, 2.45) is 5.92 Å². The molecule has 1 N–H and O–H groups in total. The predicted octanol–water partition coefficient (Wildman–Crippen LogP) is 3.35. The Morgan fingerprint density at radius 2 is 1.72 bits per heavy atom. The molecule has 1 saturated carbocycles. The Kier molecular flexibility index (Phi) is 6.01. The number of piperidine rings is 2. The van der Waals surface area contributed by atoms with Crippen molar-refractivity contribution in [1.82, 2.24) is 15.1 Å². The van der Waals surface area contributed by atoms with Gasteiger partial charge in [0, 0.05) is 25.1 Å². The van der Waals surface area contributed by atoms with Gasteiger partial charge in [-0.25, -0.2) is 4.39 Å². The van der Waals surface area contributed by atoms with E-state index in [0.29, 0.717) is 24.1 Å². The minimum Gasteiger partial charge on any atom is -0.322 e. The number of benzene rings is 1. The number of fused-ring (bicyclic) bond motifs is 1. The van der Waals surface area contributed by atoms with Gasteiger partial charge in [-0.2, -0.15) is 0 Å². The highest BCUT2D eigenvalue weighted by Gasteiger charge is 2.40. The van der Waals surface area contributed by atoms with Gasteiger partial charge in [0.15, 0.2) is 0 Å². The van der Waals surface area contributed by atoms with Gasteiger partial charge in [-0.1, -0.05) is 25.3 Å². The highest BCUT2D eigenvalue weighted by molar-refractivity contribution is 6.05. The second-order valence-electron chi connectivity index (χ2n) is 10.0. The number of imide groups is 1. The molecule has 1 atom stereocenters. The topological polar surface area (TPSA) is 69.7 Å². The van der Waals surface area contributed by atoms with E-state index in [1.807, 2.05) is 6.07 Å². The van der Waals surface area contributed by atoms with Gasteiger partial charge in [0.05, 0.1) is 0 Å². The smallest absolute Gasteiger partial charge is 0.255 e. The average molecular weight is 442 g/mol. The van der Waals surface area contributed by atoms with Crippen LogP contribution in [-0.2, 0) is 16.1 Å². The fourth-order valence-electron chi connectivity index (χ4n) is 6.08. The molecule has 172 valence electrons. The van der Waals surface area contributed by atoms with E-state index in [2.05, 4.69) is 10.2 Å². The highest BCUT2D eigenvalue weighted by Crippen LogP contribution is 2.36. The number of hydrogen-bond donors (Lipinski definition) is 1. The van der Waals surface area contributed by atoms with E-state index in [-0.39, 0.29) is 30.0 Å². The number of carbonyl (C=O) groups excluding carboxylic acids is 3. The van der Waals surface area contributed by atoms with E-state index < -0.39 is 11.9 Å². The van der Waals surface area contributed by atoms with Crippen molar-refractivity contribution in [2.45, 2.75) is 76.3 Å². The molecule has 0 bridgehead atoms. The lowest BCUT2D eigenvalue weighted by molar-refractivity contribution is -0.136. The molecule has 7 heteroatoms. The van der Waals surface area contributed by atoms with Crippen molar-refractivity contribution in [2.75, 3.05) is 19.6 Å². The normalized spacial score (nSPS) is 25.8. The zero-order valence-corrected chi connectivity index (χ0v) is 18.6. The number of halogens is 1. The molecular formula is C25H32FN3O3. The summed E-state index contributed by atoms with van der Waals surface area (Å²) in [5.41, 5.74) is 1.85. The van der Waals surface area contributed by atoms with E-state index >= 15 is 4.39 Å². The average Bonchev–Trinajstić information content (AvgIpc) is 3.10. The molecule has 6 nitrogen and oxygen atoms in total. The molecule has 0 radical (unpaired) electrons. The Labute approximate surface area is 188 Å². The second kappa shape index (κ2) is 8.93. The third-order valence-electron chi connectivity index (χ3n) is 7.91. The van der Waals surface area contributed by atoms with Crippen LogP contribution in [0, 0.1) is 11.7 Å². The maximum absolute atomic E-state index is 15.1. The second-order valence-corrected chi connectivity index (χ2v) is 10.0. The largest absolute Gasteiger partial charge is 0.322 e. The first-order valence-electron chi connectivity index (χ1n) is 12.2. The number of hydrogen-bond acceptors (Lipinski definition) is 4. The Balaban J connectivity index is 1.25. The van der Waals surface area contributed by atoms with Crippen molar-refractivity contribution in [3.8, 4) is 0 Å². The van der Waals surface area contributed by atoms with Crippen LogP contribution in [0.15, 0.2) is 12.1 Å². The Morgan fingerprint density at radius 3 is 2.44 bits per heavy atom. The van der Waals surface area contributed by atoms with Crippen molar-refractivity contribution >= 4 is 17.7 Å². The molecule has 3 amide bonds. The molecule has 3 fully saturated rings. The van der Waals surface area contributed by atoms with Crippen LogP contribution in [0.4, 0.5) is 4.39 Å². The summed E-state index contributed by atoms with van der Waals surface area (Å²) in [6.07, 6.45) is 9.19. The van der Waals surface area contributed by atoms with E-state index in [9.17, 15) is 14.4 Å². The lowest BCUT2D eigenvalue weighted by Crippen LogP contribution is -2.52. The molecule has 1 aliphatic carbocycles.